The van der Waals surface area contributed by atoms with E-state index in [1.807, 2.05) is 6.92 Å². The van der Waals surface area contributed by atoms with Gasteiger partial charge in [0.05, 0.1) is 4.90 Å². The van der Waals surface area contributed by atoms with Crippen LogP contribution in [-0.2, 0) is 19.6 Å². The second-order valence-electron chi connectivity index (χ2n) is 6.46. The summed E-state index contributed by atoms with van der Waals surface area (Å²) in [5.74, 6) is -0.138. The number of carbonyl (C=O) groups is 2. The SMILES string of the molecule is CC(=O)Nc1ccc(S(=O)(=O)Nc2ccc(N3CCCC3=O)c(C)c2)cc1. The van der Waals surface area contributed by atoms with E-state index in [9.17, 15) is 18.0 Å². The van der Waals surface area contributed by atoms with Gasteiger partial charge in [-0.15, -0.1) is 0 Å². The quantitative estimate of drug-likeness (QED) is 0.825. The molecule has 2 N–H and O–H groups in total. The van der Waals surface area contributed by atoms with Crippen LogP contribution >= 0.6 is 0 Å². The van der Waals surface area contributed by atoms with Crippen molar-refractivity contribution in [2.45, 2.75) is 31.6 Å². The molecule has 0 aliphatic carbocycles. The third-order valence-corrected chi connectivity index (χ3v) is 5.70. The zero-order valence-electron chi connectivity index (χ0n) is 15.2. The summed E-state index contributed by atoms with van der Waals surface area (Å²) in [4.78, 5) is 24.8. The van der Waals surface area contributed by atoms with Crippen molar-refractivity contribution in [3.63, 3.8) is 0 Å². The zero-order valence-corrected chi connectivity index (χ0v) is 16.0. The molecule has 1 aliphatic rings. The molecule has 0 unspecified atom stereocenters. The van der Waals surface area contributed by atoms with Crippen molar-refractivity contribution in [2.24, 2.45) is 0 Å². The van der Waals surface area contributed by atoms with E-state index in [-0.39, 0.29) is 16.7 Å². The van der Waals surface area contributed by atoms with E-state index in [2.05, 4.69) is 10.0 Å². The minimum absolute atomic E-state index is 0.0886. The van der Waals surface area contributed by atoms with Crippen molar-refractivity contribution in [1.82, 2.24) is 0 Å². The Labute approximate surface area is 158 Å². The van der Waals surface area contributed by atoms with Crippen molar-refractivity contribution in [2.75, 3.05) is 21.5 Å². The molecule has 1 heterocycles. The van der Waals surface area contributed by atoms with Crippen LogP contribution in [0.5, 0.6) is 0 Å². The van der Waals surface area contributed by atoms with E-state index in [4.69, 9.17) is 0 Å². The Morgan fingerprint density at radius 2 is 1.74 bits per heavy atom. The van der Waals surface area contributed by atoms with Gasteiger partial charge in [0.1, 0.15) is 0 Å². The third-order valence-electron chi connectivity index (χ3n) is 4.30. The van der Waals surface area contributed by atoms with Gasteiger partial charge in [-0.25, -0.2) is 8.42 Å². The molecule has 0 saturated carbocycles. The Morgan fingerprint density at radius 1 is 1.07 bits per heavy atom. The normalized spacial score (nSPS) is 14.3. The predicted octanol–water partition coefficient (Wildman–Crippen LogP) is 2.88. The molecule has 2 aromatic carbocycles. The van der Waals surface area contributed by atoms with Crippen LogP contribution in [-0.4, -0.2) is 26.8 Å². The molecule has 0 spiro atoms. The van der Waals surface area contributed by atoms with E-state index in [0.29, 0.717) is 24.3 Å². The maximum absolute atomic E-state index is 12.6. The molecule has 1 saturated heterocycles. The summed E-state index contributed by atoms with van der Waals surface area (Å²) in [6, 6.07) is 11.0. The van der Waals surface area contributed by atoms with Crippen LogP contribution < -0.4 is 14.9 Å². The van der Waals surface area contributed by atoms with Crippen LogP contribution in [0, 0.1) is 6.92 Å². The molecular weight excluding hydrogens is 366 g/mol. The fourth-order valence-corrected chi connectivity index (χ4v) is 4.11. The molecule has 8 heteroatoms. The highest BCUT2D eigenvalue weighted by Gasteiger charge is 2.23. The number of nitrogens with one attached hydrogen (secondary N) is 2. The van der Waals surface area contributed by atoms with Crippen molar-refractivity contribution >= 4 is 38.9 Å². The van der Waals surface area contributed by atoms with Crippen LogP contribution in [0.4, 0.5) is 17.1 Å². The highest BCUT2D eigenvalue weighted by molar-refractivity contribution is 7.92. The molecular formula is C19H21N3O4S. The molecule has 2 amide bonds. The number of rotatable bonds is 5. The first kappa shape index (κ1) is 18.9. The summed E-state index contributed by atoms with van der Waals surface area (Å²) in [5.41, 5.74) is 2.58. The van der Waals surface area contributed by atoms with Crippen LogP contribution in [0.15, 0.2) is 47.4 Å². The summed E-state index contributed by atoms with van der Waals surface area (Å²) in [6.45, 7) is 3.92. The summed E-state index contributed by atoms with van der Waals surface area (Å²) >= 11 is 0. The number of benzene rings is 2. The Hall–Kier alpha value is -2.87. The first-order chi connectivity index (χ1) is 12.8. The molecule has 3 rings (SSSR count). The topological polar surface area (TPSA) is 95.6 Å². The molecule has 0 radical (unpaired) electrons. The number of nitrogens with zero attached hydrogens (tertiary/aromatic N) is 1. The molecule has 0 aromatic heterocycles. The smallest absolute Gasteiger partial charge is 0.261 e. The Balaban J connectivity index is 1.78. The molecule has 0 atom stereocenters. The van der Waals surface area contributed by atoms with E-state index in [0.717, 1.165) is 17.7 Å². The van der Waals surface area contributed by atoms with Gasteiger partial charge in [-0.2, -0.15) is 0 Å². The number of anilines is 3. The first-order valence-corrected chi connectivity index (χ1v) is 10.1. The first-order valence-electron chi connectivity index (χ1n) is 8.58. The summed E-state index contributed by atoms with van der Waals surface area (Å²) < 4.78 is 27.7. The maximum Gasteiger partial charge on any atom is 0.261 e. The molecule has 27 heavy (non-hydrogen) atoms. The summed E-state index contributed by atoms with van der Waals surface area (Å²) in [7, 11) is -3.76. The van der Waals surface area contributed by atoms with Crippen LogP contribution in [0.3, 0.4) is 0 Å². The van der Waals surface area contributed by atoms with Crippen LogP contribution in [0.25, 0.3) is 0 Å². The lowest BCUT2D eigenvalue weighted by atomic mass is 10.1. The highest BCUT2D eigenvalue weighted by Crippen LogP contribution is 2.28. The number of hydrogen-bond acceptors (Lipinski definition) is 4. The number of amides is 2. The number of hydrogen-bond donors (Lipinski definition) is 2. The molecule has 1 fully saturated rings. The molecule has 1 aliphatic heterocycles. The van der Waals surface area contributed by atoms with Gasteiger partial charge < -0.3 is 10.2 Å². The lowest BCUT2D eigenvalue weighted by Crippen LogP contribution is -2.24. The van der Waals surface area contributed by atoms with Gasteiger partial charge in [0.2, 0.25) is 11.8 Å². The molecule has 7 nitrogen and oxygen atoms in total. The average molecular weight is 387 g/mol. The minimum atomic E-state index is -3.76. The summed E-state index contributed by atoms with van der Waals surface area (Å²) in [6.07, 6.45) is 1.38. The van der Waals surface area contributed by atoms with E-state index in [1.54, 1.807) is 23.1 Å². The van der Waals surface area contributed by atoms with Gasteiger partial charge in [-0.05, 0) is 61.4 Å². The van der Waals surface area contributed by atoms with Crippen molar-refractivity contribution < 1.29 is 18.0 Å². The zero-order chi connectivity index (χ0) is 19.6. The van der Waals surface area contributed by atoms with Crippen molar-refractivity contribution in [3.8, 4) is 0 Å². The number of sulfonamides is 1. The predicted molar refractivity (Wildman–Crippen MR) is 104 cm³/mol. The highest BCUT2D eigenvalue weighted by atomic mass is 32.2. The molecule has 2 aromatic rings. The van der Waals surface area contributed by atoms with Gasteiger partial charge in [0.25, 0.3) is 10.0 Å². The Kier molecular flexibility index (Phi) is 5.18. The van der Waals surface area contributed by atoms with Crippen LogP contribution in [0.1, 0.15) is 25.3 Å². The maximum atomic E-state index is 12.6. The monoisotopic (exact) mass is 387 g/mol. The minimum Gasteiger partial charge on any atom is -0.326 e. The Morgan fingerprint density at radius 3 is 2.30 bits per heavy atom. The van der Waals surface area contributed by atoms with Gasteiger partial charge in [0, 0.05) is 37.0 Å². The van der Waals surface area contributed by atoms with Crippen molar-refractivity contribution in [3.05, 3.63) is 48.0 Å². The number of aryl methyl sites for hydroxylation is 1. The van der Waals surface area contributed by atoms with Crippen molar-refractivity contribution in [1.29, 1.82) is 0 Å². The van der Waals surface area contributed by atoms with Gasteiger partial charge >= 0.3 is 0 Å². The largest absolute Gasteiger partial charge is 0.326 e. The third kappa shape index (κ3) is 4.28. The lowest BCUT2D eigenvalue weighted by molar-refractivity contribution is -0.117. The van der Waals surface area contributed by atoms with Crippen LogP contribution in [0.2, 0.25) is 0 Å². The van der Waals surface area contributed by atoms with Gasteiger partial charge in [-0.1, -0.05) is 0 Å². The fraction of sp³-hybridized carbons (Fsp3) is 0.263. The summed E-state index contributed by atoms with van der Waals surface area (Å²) in [5, 5.41) is 2.59. The second kappa shape index (κ2) is 7.40. The Bertz CT molecular complexity index is 985. The van der Waals surface area contributed by atoms with E-state index in [1.165, 1.54) is 31.2 Å². The van der Waals surface area contributed by atoms with Gasteiger partial charge in [-0.3, -0.25) is 14.3 Å². The van der Waals surface area contributed by atoms with E-state index >= 15 is 0 Å². The van der Waals surface area contributed by atoms with E-state index < -0.39 is 10.0 Å². The molecule has 142 valence electrons. The average Bonchev–Trinajstić information content (AvgIpc) is 3.00. The number of carbonyl (C=O) groups excluding carboxylic acids is 2. The standard InChI is InChI=1S/C19H21N3O4S/c1-13-12-16(7-10-18(13)22-11-3-4-19(22)24)21-27(25,26)17-8-5-15(6-9-17)20-14(2)23/h5-10,12,21H,3-4,11H2,1-2H3,(H,20,23). The fourth-order valence-electron chi connectivity index (χ4n) is 3.06. The second-order valence-corrected chi connectivity index (χ2v) is 8.14. The molecule has 0 bridgehead atoms. The van der Waals surface area contributed by atoms with Gasteiger partial charge in [0.15, 0.2) is 0 Å². The lowest BCUT2D eigenvalue weighted by Gasteiger charge is -2.19.